The van der Waals surface area contributed by atoms with E-state index in [2.05, 4.69) is 33.5 Å². The molecule has 0 radical (unpaired) electrons. The van der Waals surface area contributed by atoms with Crippen LogP contribution >= 0.6 is 12.2 Å². The van der Waals surface area contributed by atoms with Gasteiger partial charge in [-0.15, -0.1) is 0 Å². The smallest absolute Gasteiger partial charge is 0.205 e. The Morgan fingerprint density at radius 2 is 1.87 bits per heavy atom. The summed E-state index contributed by atoms with van der Waals surface area (Å²) in [4.78, 5) is 0. The molecule has 0 aliphatic carbocycles. The molecule has 5 heteroatoms. The van der Waals surface area contributed by atoms with Crippen LogP contribution in [0.25, 0.3) is 0 Å². The summed E-state index contributed by atoms with van der Waals surface area (Å²) in [6.45, 7) is 0. The Morgan fingerprint density at radius 1 is 1.07 bits per heavy atom. The third-order valence-corrected chi connectivity index (χ3v) is 2.30. The van der Waals surface area contributed by atoms with Crippen LogP contribution < -0.4 is 16.3 Å². The van der Waals surface area contributed by atoms with E-state index >= 15 is 0 Å². The normalized spacial score (nSPS) is 14.7. The molecule has 2 rings (SSSR count). The van der Waals surface area contributed by atoms with Crippen molar-refractivity contribution in [2.45, 2.75) is 12.8 Å². The number of nitrogens with zero attached hydrogens (tertiary/aromatic N) is 1. The summed E-state index contributed by atoms with van der Waals surface area (Å²) in [6, 6.07) is 10.3. The van der Waals surface area contributed by atoms with Crippen LogP contribution in [0.3, 0.4) is 0 Å². The van der Waals surface area contributed by atoms with Crippen LogP contribution in [0.4, 0.5) is 0 Å². The van der Waals surface area contributed by atoms with Crippen LogP contribution in [-0.4, -0.2) is 10.9 Å². The third kappa shape index (κ3) is 2.92. The van der Waals surface area contributed by atoms with E-state index in [4.69, 9.17) is 12.2 Å². The van der Waals surface area contributed by atoms with Crippen molar-refractivity contribution < 1.29 is 0 Å². The van der Waals surface area contributed by atoms with E-state index in [1.54, 1.807) is 0 Å². The van der Waals surface area contributed by atoms with Gasteiger partial charge in [-0.2, -0.15) is 5.10 Å². The van der Waals surface area contributed by atoms with Crippen LogP contribution in [0, 0.1) is 0 Å². The van der Waals surface area contributed by atoms with Gasteiger partial charge in [0.2, 0.25) is 5.11 Å². The van der Waals surface area contributed by atoms with Crippen molar-refractivity contribution >= 4 is 23.2 Å². The van der Waals surface area contributed by atoms with Crippen molar-refractivity contribution in [3.8, 4) is 0 Å². The molecule has 3 N–H and O–H groups in total. The van der Waals surface area contributed by atoms with Gasteiger partial charge >= 0.3 is 0 Å². The molecule has 1 aliphatic rings. The van der Waals surface area contributed by atoms with Crippen molar-refractivity contribution in [1.29, 1.82) is 0 Å². The summed E-state index contributed by atoms with van der Waals surface area (Å²) in [6.07, 6.45) is 1.81. The van der Waals surface area contributed by atoms with Crippen molar-refractivity contribution in [3.05, 3.63) is 35.9 Å². The molecule has 0 unspecified atom stereocenters. The first kappa shape index (κ1) is 9.92. The van der Waals surface area contributed by atoms with Crippen LogP contribution in [0.2, 0.25) is 0 Å². The molecule has 1 aromatic carbocycles. The first-order chi connectivity index (χ1) is 7.34. The topological polar surface area (TPSA) is 48.5 Å². The Morgan fingerprint density at radius 3 is 2.53 bits per heavy atom. The summed E-state index contributed by atoms with van der Waals surface area (Å²) in [5, 5.41) is 4.58. The Hall–Kier alpha value is -1.62. The minimum absolute atomic E-state index is 0.499. The SMILES string of the molecule is S=C1NN=C(CCc2ccccc2)NN1. The Labute approximate surface area is 93.7 Å². The molecule has 78 valence electrons. The van der Waals surface area contributed by atoms with E-state index in [0.29, 0.717) is 5.11 Å². The highest BCUT2D eigenvalue weighted by molar-refractivity contribution is 7.80. The lowest BCUT2D eigenvalue weighted by molar-refractivity contribution is 0.747. The van der Waals surface area contributed by atoms with Crippen LogP contribution in [0.15, 0.2) is 35.4 Å². The van der Waals surface area contributed by atoms with Gasteiger partial charge in [0.15, 0.2) is 0 Å². The highest BCUT2D eigenvalue weighted by Crippen LogP contribution is 2.02. The van der Waals surface area contributed by atoms with Crippen molar-refractivity contribution in [2.75, 3.05) is 0 Å². The zero-order valence-corrected chi connectivity index (χ0v) is 8.97. The predicted octanol–water partition coefficient (Wildman–Crippen LogP) is 0.915. The Bertz CT molecular complexity index is 374. The highest BCUT2D eigenvalue weighted by Gasteiger charge is 2.05. The number of aryl methyl sites for hydroxylation is 1. The fourth-order valence-corrected chi connectivity index (χ4v) is 1.43. The molecule has 0 fully saturated rings. The first-order valence-corrected chi connectivity index (χ1v) is 5.18. The molecule has 0 saturated carbocycles. The van der Waals surface area contributed by atoms with Gasteiger partial charge in [-0.3, -0.25) is 16.3 Å². The monoisotopic (exact) mass is 220 g/mol. The van der Waals surface area contributed by atoms with E-state index in [0.717, 1.165) is 18.7 Å². The van der Waals surface area contributed by atoms with E-state index in [9.17, 15) is 0 Å². The summed E-state index contributed by atoms with van der Waals surface area (Å²) >= 11 is 4.84. The summed E-state index contributed by atoms with van der Waals surface area (Å²) in [5.74, 6) is 0.868. The van der Waals surface area contributed by atoms with Gasteiger partial charge < -0.3 is 0 Å². The zero-order chi connectivity index (χ0) is 10.5. The van der Waals surface area contributed by atoms with Gasteiger partial charge in [-0.05, 0) is 24.2 Å². The number of amidine groups is 1. The van der Waals surface area contributed by atoms with Gasteiger partial charge in [0, 0.05) is 6.42 Å². The van der Waals surface area contributed by atoms with Crippen LogP contribution in [0.5, 0.6) is 0 Å². The molecule has 0 spiro atoms. The van der Waals surface area contributed by atoms with Gasteiger partial charge in [-0.1, -0.05) is 30.3 Å². The number of hydrazone groups is 1. The second kappa shape index (κ2) is 4.75. The lowest BCUT2D eigenvalue weighted by Crippen LogP contribution is -2.50. The molecule has 0 amide bonds. The maximum atomic E-state index is 4.84. The maximum absolute atomic E-state index is 4.84. The van der Waals surface area contributed by atoms with Gasteiger partial charge in [-0.25, -0.2) is 0 Å². The van der Waals surface area contributed by atoms with Crippen LogP contribution in [0.1, 0.15) is 12.0 Å². The lowest BCUT2D eigenvalue weighted by Gasteiger charge is -2.17. The van der Waals surface area contributed by atoms with Crippen molar-refractivity contribution in [2.24, 2.45) is 5.10 Å². The van der Waals surface area contributed by atoms with Crippen LogP contribution in [-0.2, 0) is 6.42 Å². The largest absolute Gasteiger partial charge is 0.284 e. The van der Waals surface area contributed by atoms with E-state index in [1.807, 2.05) is 18.2 Å². The van der Waals surface area contributed by atoms with E-state index < -0.39 is 0 Å². The van der Waals surface area contributed by atoms with Gasteiger partial charge in [0.1, 0.15) is 5.84 Å². The lowest BCUT2D eigenvalue weighted by atomic mass is 10.1. The standard InChI is InChI=1S/C10H12N4S/c15-10-13-11-9(12-14-10)7-6-8-4-2-1-3-5-8/h1-5H,6-7H2,(H,11,12)(H2,13,14,15). The fraction of sp³-hybridized carbons (Fsp3) is 0.200. The summed E-state index contributed by atoms with van der Waals surface area (Å²) < 4.78 is 0. The molecule has 1 heterocycles. The maximum Gasteiger partial charge on any atom is 0.205 e. The number of hydrogen-bond donors (Lipinski definition) is 3. The first-order valence-electron chi connectivity index (χ1n) is 4.77. The minimum atomic E-state index is 0.499. The molecule has 1 aromatic rings. The molecule has 0 bridgehead atoms. The number of benzene rings is 1. The number of hydrogen-bond acceptors (Lipinski definition) is 3. The summed E-state index contributed by atoms with van der Waals surface area (Å²) in [5.41, 5.74) is 9.76. The number of nitrogens with one attached hydrogen (secondary N) is 3. The van der Waals surface area contributed by atoms with E-state index in [-0.39, 0.29) is 0 Å². The minimum Gasteiger partial charge on any atom is -0.284 e. The summed E-state index contributed by atoms with van der Waals surface area (Å²) in [7, 11) is 0. The number of rotatable bonds is 3. The average Bonchev–Trinajstić information content (AvgIpc) is 2.30. The Balaban J connectivity index is 1.86. The molecule has 4 nitrogen and oxygen atoms in total. The highest BCUT2D eigenvalue weighted by atomic mass is 32.1. The molecule has 15 heavy (non-hydrogen) atoms. The van der Waals surface area contributed by atoms with Gasteiger partial charge in [0.25, 0.3) is 0 Å². The average molecular weight is 220 g/mol. The van der Waals surface area contributed by atoms with Gasteiger partial charge in [0.05, 0.1) is 0 Å². The Kier molecular flexibility index (Phi) is 3.14. The predicted molar refractivity (Wildman–Crippen MR) is 64.2 cm³/mol. The molecular weight excluding hydrogens is 208 g/mol. The zero-order valence-electron chi connectivity index (χ0n) is 8.16. The fourth-order valence-electron chi connectivity index (χ4n) is 1.33. The second-order valence-corrected chi connectivity index (χ2v) is 3.64. The number of thiocarbonyl (C=S) groups is 1. The van der Waals surface area contributed by atoms with Crippen molar-refractivity contribution in [1.82, 2.24) is 16.3 Å². The molecule has 0 saturated heterocycles. The van der Waals surface area contributed by atoms with Crippen molar-refractivity contribution in [3.63, 3.8) is 0 Å². The molecule has 0 atom stereocenters. The van der Waals surface area contributed by atoms with E-state index in [1.165, 1.54) is 5.56 Å². The number of hydrazine groups is 1. The molecule has 1 aliphatic heterocycles. The quantitative estimate of drug-likeness (QED) is 0.663. The second-order valence-electron chi connectivity index (χ2n) is 3.24. The third-order valence-electron chi connectivity index (χ3n) is 2.11. The molecular formula is C10H12N4S. The molecule has 0 aromatic heterocycles.